The predicted molar refractivity (Wildman–Crippen MR) is 60.3 cm³/mol. The Morgan fingerprint density at radius 1 is 1.44 bits per heavy atom. The molecule has 0 saturated carbocycles. The van der Waals surface area contributed by atoms with E-state index in [4.69, 9.17) is 0 Å². The molecule has 16 heavy (non-hydrogen) atoms. The second kappa shape index (κ2) is 3.07. The maximum atomic E-state index is 12.1. The van der Waals surface area contributed by atoms with E-state index in [0.29, 0.717) is 0 Å². The monoisotopic (exact) mass is 215 g/mol. The number of carbonyl (C=O) groups is 1. The van der Waals surface area contributed by atoms with E-state index in [1.807, 2.05) is 41.5 Å². The van der Waals surface area contributed by atoms with Crippen molar-refractivity contribution in [2.24, 2.45) is 0 Å². The molecular formula is C12H13N3O. The first-order valence-electron chi connectivity index (χ1n) is 5.47. The molecule has 0 spiro atoms. The van der Waals surface area contributed by atoms with Crippen molar-refractivity contribution in [2.45, 2.75) is 20.4 Å². The molecule has 0 aromatic carbocycles. The first-order valence-corrected chi connectivity index (χ1v) is 5.47. The molecule has 2 aromatic heterocycles. The zero-order valence-electron chi connectivity index (χ0n) is 9.40. The summed E-state index contributed by atoms with van der Waals surface area (Å²) in [5.41, 5.74) is 3.66. The van der Waals surface area contributed by atoms with Crippen LogP contribution in [0, 0.1) is 6.92 Å². The van der Waals surface area contributed by atoms with Gasteiger partial charge in [-0.15, -0.1) is 0 Å². The lowest BCUT2D eigenvalue weighted by molar-refractivity contribution is 0.0781. The average molecular weight is 215 g/mol. The number of fused-ring (bicyclic) bond motifs is 3. The molecule has 2 aromatic rings. The third kappa shape index (κ3) is 1.10. The Hall–Kier alpha value is -1.84. The summed E-state index contributed by atoms with van der Waals surface area (Å²) >= 11 is 0. The van der Waals surface area contributed by atoms with E-state index >= 15 is 0 Å². The number of aryl methyl sites for hydroxylation is 1. The number of pyridine rings is 1. The van der Waals surface area contributed by atoms with Crippen molar-refractivity contribution in [2.75, 3.05) is 6.54 Å². The Kier molecular flexibility index (Phi) is 1.80. The highest BCUT2D eigenvalue weighted by molar-refractivity contribution is 5.97. The standard InChI is InChI=1S/C12H13N3O/c1-3-14-7-9-4-5-10-13-8(2)6-15(10)11(9)12(14)16/h4-6H,3,7H2,1-2H3. The Morgan fingerprint density at radius 2 is 2.25 bits per heavy atom. The predicted octanol–water partition coefficient (Wildman–Crippen LogP) is 1.62. The van der Waals surface area contributed by atoms with Gasteiger partial charge in [-0.2, -0.15) is 0 Å². The largest absolute Gasteiger partial charge is 0.333 e. The van der Waals surface area contributed by atoms with E-state index in [9.17, 15) is 4.79 Å². The maximum Gasteiger partial charge on any atom is 0.271 e. The Morgan fingerprint density at radius 3 is 3.00 bits per heavy atom. The van der Waals surface area contributed by atoms with Crippen molar-refractivity contribution in [1.29, 1.82) is 0 Å². The highest BCUT2D eigenvalue weighted by Gasteiger charge is 2.28. The van der Waals surface area contributed by atoms with Crippen LogP contribution in [0.5, 0.6) is 0 Å². The topological polar surface area (TPSA) is 37.6 Å². The van der Waals surface area contributed by atoms with Crippen molar-refractivity contribution in [3.05, 3.63) is 35.3 Å². The van der Waals surface area contributed by atoms with Gasteiger partial charge in [0.25, 0.3) is 5.91 Å². The van der Waals surface area contributed by atoms with Crippen molar-refractivity contribution >= 4 is 11.6 Å². The molecule has 4 nitrogen and oxygen atoms in total. The van der Waals surface area contributed by atoms with E-state index < -0.39 is 0 Å². The van der Waals surface area contributed by atoms with Gasteiger partial charge in [0.05, 0.1) is 5.69 Å². The van der Waals surface area contributed by atoms with Crippen molar-refractivity contribution in [3.8, 4) is 0 Å². The number of aromatic nitrogens is 2. The molecule has 0 saturated heterocycles. The molecule has 3 rings (SSSR count). The molecule has 1 aliphatic heterocycles. The van der Waals surface area contributed by atoms with Crippen molar-refractivity contribution < 1.29 is 4.79 Å². The zero-order chi connectivity index (χ0) is 11.3. The number of hydrogen-bond donors (Lipinski definition) is 0. The Labute approximate surface area is 93.5 Å². The highest BCUT2D eigenvalue weighted by atomic mass is 16.2. The molecule has 0 unspecified atom stereocenters. The lowest BCUT2D eigenvalue weighted by atomic mass is 10.2. The van der Waals surface area contributed by atoms with Crippen LogP contribution in [0.25, 0.3) is 5.65 Å². The summed E-state index contributed by atoms with van der Waals surface area (Å²) in [6, 6.07) is 3.98. The van der Waals surface area contributed by atoms with Gasteiger partial charge in [-0.05, 0) is 19.9 Å². The average Bonchev–Trinajstić information content (AvgIpc) is 2.78. The number of nitrogens with zero attached hydrogens (tertiary/aromatic N) is 3. The summed E-state index contributed by atoms with van der Waals surface area (Å²) < 4.78 is 1.91. The van der Waals surface area contributed by atoms with Crippen LogP contribution in [0.1, 0.15) is 28.7 Å². The van der Waals surface area contributed by atoms with Crippen LogP contribution in [-0.4, -0.2) is 26.7 Å². The smallest absolute Gasteiger partial charge is 0.271 e. The molecule has 1 amide bonds. The van der Waals surface area contributed by atoms with E-state index in [1.54, 1.807) is 0 Å². The van der Waals surface area contributed by atoms with Crippen LogP contribution >= 0.6 is 0 Å². The Balaban J connectivity index is 2.29. The van der Waals surface area contributed by atoms with Crippen LogP contribution in [0.15, 0.2) is 18.3 Å². The zero-order valence-corrected chi connectivity index (χ0v) is 9.40. The second-order valence-electron chi connectivity index (χ2n) is 4.14. The maximum absolute atomic E-state index is 12.1. The second-order valence-corrected chi connectivity index (χ2v) is 4.14. The highest BCUT2D eigenvalue weighted by Crippen LogP contribution is 2.23. The molecule has 82 valence electrons. The molecule has 0 radical (unpaired) electrons. The van der Waals surface area contributed by atoms with Gasteiger partial charge in [0.1, 0.15) is 11.3 Å². The number of amides is 1. The summed E-state index contributed by atoms with van der Waals surface area (Å²) in [5, 5.41) is 0. The van der Waals surface area contributed by atoms with Gasteiger partial charge >= 0.3 is 0 Å². The molecule has 0 bridgehead atoms. The van der Waals surface area contributed by atoms with Crippen LogP contribution in [0.4, 0.5) is 0 Å². The summed E-state index contributed by atoms with van der Waals surface area (Å²) in [7, 11) is 0. The normalized spacial score (nSPS) is 14.9. The van der Waals surface area contributed by atoms with Gasteiger partial charge in [0.15, 0.2) is 0 Å². The van der Waals surface area contributed by atoms with Gasteiger partial charge in [0, 0.05) is 24.8 Å². The quantitative estimate of drug-likeness (QED) is 0.725. The Bertz CT molecular complexity index is 585. The van der Waals surface area contributed by atoms with Crippen molar-refractivity contribution in [3.63, 3.8) is 0 Å². The molecule has 0 N–H and O–H groups in total. The molecule has 4 heteroatoms. The van der Waals surface area contributed by atoms with Gasteiger partial charge in [0.2, 0.25) is 0 Å². The van der Waals surface area contributed by atoms with Gasteiger partial charge < -0.3 is 4.90 Å². The molecule has 0 atom stereocenters. The summed E-state index contributed by atoms with van der Waals surface area (Å²) in [5.74, 6) is 0.112. The fourth-order valence-electron chi connectivity index (χ4n) is 2.27. The molecule has 0 fully saturated rings. The molecule has 3 heterocycles. The summed E-state index contributed by atoms with van der Waals surface area (Å²) in [6.45, 7) is 5.41. The van der Waals surface area contributed by atoms with Crippen LogP contribution in [0.2, 0.25) is 0 Å². The van der Waals surface area contributed by atoms with E-state index in [0.717, 1.165) is 35.7 Å². The van der Waals surface area contributed by atoms with Crippen molar-refractivity contribution in [1.82, 2.24) is 14.3 Å². The molecular weight excluding hydrogens is 202 g/mol. The van der Waals surface area contributed by atoms with E-state index in [-0.39, 0.29) is 5.91 Å². The first kappa shape index (κ1) is 9.39. The fourth-order valence-corrected chi connectivity index (χ4v) is 2.27. The van der Waals surface area contributed by atoms with Crippen LogP contribution in [-0.2, 0) is 6.54 Å². The minimum atomic E-state index is 0.112. The lowest BCUT2D eigenvalue weighted by Gasteiger charge is -2.10. The van der Waals surface area contributed by atoms with Gasteiger partial charge in [-0.1, -0.05) is 6.07 Å². The fraction of sp³-hybridized carbons (Fsp3) is 0.333. The molecule has 0 aliphatic carbocycles. The number of imidazole rings is 1. The third-order valence-electron chi connectivity index (χ3n) is 3.07. The molecule has 1 aliphatic rings. The van der Waals surface area contributed by atoms with E-state index in [2.05, 4.69) is 4.98 Å². The third-order valence-corrected chi connectivity index (χ3v) is 3.07. The lowest BCUT2D eigenvalue weighted by Crippen LogP contribution is -2.23. The summed E-state index contributed by atoms with van der Waals surface area (Å²) in [4.78, 5) is 18.3. The summed E-state index contributed by atoms with van der Waals surface area (Å²) in [6.07, 6.45) is 1.92. The van der Waals surface area contributed by atoms with Gasteiger partial charge in [-0.25, -0.2) is 4.98 Å². The SMILES string of the molecule is CCN1Cc2ccc3nc(C)cn3c2C1=O. The number of carbonyl (C=O) groups excluding carboxylic acids is 1. The van der Waals surface area contributed by atoms with Gasteiger partial charge in [-0.3, -0.25) is 9.20 Å². The van der Waals surface area contributed by atoms with E-state index in [1.165, 1.54) is 0 Å². The van der Waals surface area contributed by atoms with Crippen LogP contribution < -0.4 is 0 Å². The number of hydrogen-bond acceptors (Lipinski definition) is 2. The minimum Gasteiger partial charge on any atom is -0.333 e. The first-order chi connectivity index (χ1) is 7.70. The minimum absolute atomic E-state index is 0.112. The number of rotatable bonds is 1. The van der Waals surface area contributed by atoms with Crippen LogP contribution in [0.3, 0.4) is 0 Å².